The first kappa shape index (κ1) is 22.2. The van der Waals surface area contributed by atoms with Crippen molar-refractivity contribution in [2.24, 2.45) is 0 Å². The largest absolute Gasteiger partial charge is 0.383 e. The van der Waals surface area contributed by atoms with Gasteiger partial charge in [0, 0.05) is 31.5 Å². The first-order valence-corrected chi connectivity index (χ1v) is 8.85. The average molecular weight is 408 g/mol. The molecule has 1 amide bonds. The van der Waals surface area contributed by atoms with Gasteiger partial charge in [0.1, 0.15) is 5.69 Å². The molecule has 10 heteroatoms. The van der Waals surface area contributed by atoms with Crippen molar-refractivity contribution >= 4 is 17.3 Å². The van der Waals surface area contributed by atoms with Crippen LogP contribution >= 0.6 is 0 Å². The summed E-state index contributed by atoms with van der Waals surface area (Å²) in [4.78, 5) is 28.6. The van der Waals surface area contributed by atoms with Gasteiger partial charge in [0.25, 0.3) is 18.0 Å². The molecule has 1 N–H and O–H groups in total. The molecule has 1 aromatic carbocycles. The number of amides is 1. The lowest BCUT2D eigenvalue weighted by Crippen LogP contribution is -2.37. The zero-order chi connectivity index (χ0) is 21.4. The number of ether oxygens (including phenoxy) is 1. The second-order valence-corrected chi connectivity index (χ2v) is 6.24. The molecule has 1 heterocycles. The molecule has 0 bridgehead atoms. The van der Waals surface area contributed by atoms with E-state index in [0.29, 0.717) is 5.69 Å². The number of pyridine rings is 1. The Balaban J connectivity index is 2.27. The van der Waals surface area contributed by atoms with Crippen LogP contribution in [0.15, 0.2) is 42.6 Å². The van der Waals surface area contributed by atoms with Crippen molar-refractivity contribution < 1.29 is 23.2 Å². The number of carbonyl (C=O) groups is 1. The second-order valence-electron chi connectivity index (χ2n) is 6.24. The predicted octanol–water partition coefficient (Wildman–Crippen LogP) is 3.52. The summed E-state index contributed by atoms with van der Waals surface area (Å²) in [5, 5.41) is 14.5. The molecule has 1 aromatic heterocycles. The first-order valence-electron chi connectivity index (χ1n) is 8.85. The van der Waals surface area contributed by atoms with E-state index in [9.17, 15) is 23.7 Å². The Bertz CT molecular complexity index is 836. The minimum atomic E-state index is -2.73. The highest BCUT2D eigenvalue weighted by atomic mass is 19.3. The number of aromatic nitrogens is 1. The zero-order valence-electron chi connectivity index (χ0n) is 16.0. The number of methoxy groups -OCH3 is 1. The molecule has 0 radical (unpaired) electrons. The lowest BCUT2D eigenvalue weighted by atomic mass is 10.1. The molecule has 156 valence electrons. The van der Waals surface area contributed by atoms with Gasteiger partial charge in [0.05, 0.1) is 29.8 Å². The Morgan fingerprint density at radius 2 is 2.10 bits per heavy atom. The predicted molar refractivity (Wildman–Crippen MR) is 103 cm³/mol. The third-order valence-corrected chi connectivity index (χ3v) is 4.16. The lowest BCUT2D eigenvalue weighted by Gasteiger charge is -2.22. The average Bonchev–Trinajstić information content (AvgIpc) is 2.71. The molecular formula is C19H22F2N4O4. The van der Waals surface area contributed by atoms with Crippen molar-refractivity contribution in [2.75, 3.05) is 32.1 Å². The Morgan fingerprint density at radius 3 is 2.69 bits per heavy atom. The van der Waals surface area contributed by atoms with Gasteiger partial charge in [0.2, 0.25) is 0 Å². The Kier molecular flexibility index (Phi) is 7.96. The third-order valence-electron chi connectivity index (χ3n) is 4.16. The monoisotopic (exact) mass is 408 g/mol. The van der Waals surface area contributed by atoms with Crippen LogP contribution in [0.5, 0.6) is 0 Å². The van der Waals surface area contributed by atoms with E-state index in [4.69, 9.17) is 4.74 Å². The van der Waals surface area contributed by atoms with E-state index in [-0.39, 0.29) is 36.1 Å². The number of nitrogens with zero attached hydrogens (tertiary/aromatic N) is 3. The summed E-state index contributed by atoms with van der Waals surface area (Å²) in [6, 6.07) is 8.85. The fraction of sp³-hybridized carbons (Fsp3) is 0.368. The topological polar surface area (TPSA) is 97.6 Å². The van der Waals surface area contributed by atoms with Crippen LogP contribution in [-0.2, 0) is 4.74 Å². The van der Waals surface area contributed by atoms with Crippen LogP contribution in [0, 0.1) is 10.1 Å². The molecule has 2 rings (SSSR count). The van der Waals surface area contributed by atoms with Crippen molar-refractivity contribution in [1.29, 1.82) is 0 Å². The number of carbonyl (C=O) groups excluding carboxylic acids is 1. The van der Waals surface area contributed by atoms with Gasteiger partial charge in [-0.25, -0.2) is 8.78 Å². The highest BCUT2D eigenvalue weighted by Crippen LogP contribution is 2.29. The molecule has 8 nitrogen and oxygen atoms in total. The quantitative estimate of drug-likeness (QED) is 0.477. The molecule has 0 spiro atoms. The summed E-state index contributed by atoms with van der Waals surface area (Å²) in [5.74, 6) is -0.727. The van der Waals surface area contributed by atoms with E-state index in [1.807, 2.05) is 0 Å². The number of rotatable bonds is 10. The maximum Gasteiger partial charge on any atom is 0.293 e. The van der Waals surface area contributed by atoms with Gasteiger partial charge in [-0.1, -0.05) is 6.07 Å². The van der Waals surface area contributed by atoms with E-state index in [2.05, 4.69) is 10.3 Å². The van der Waals surface area contributed by atoms with Gasteiger partial charge in [-0.2, -0.15) is 0 Å². The summed E-state index contributed by atoms with van der Waals surface area (Å²) in [7, 11) is 1.39. The van der Waals surface area contributed by atoms with Gasteiger partial charge in [0.15, 0.2) is 0 Å². The zero-order valence-corrected chi connectivity index (χ0v) is 16.0. The van der Waals surface area contributed by atoms with Crippen LogP contribution in [0.4, 0.5) is 20.2 Å². The van der Waals surface area contributed by atoms with Gasteiger partial charge >= 0.3 is 0 Å². The van der Waals surface area contributed by atoms with Crippen LogP contribution in [-0.4, -0.2) is 53.9 Å². The lowest BCUT2D eigenvalue weighted by molar-refractivity contribution is -0.384. The standard InChI is InChI=1S/C19H22F2N4O4/c1-13(15-5-3-4-8-22-15)23-16-7-6-14(11-17(16)25(27)28)19(26)24(9-10-29-2)12-18(20)21/h3-8,11,13,18,23H,9-10,12H2,1-2H3. The molecule has 1 atom stereocenters. The van der Waals surface area contributed by atoms with E-state index in [0.717, 1.165) is 11.0 Å². The molecule has 0 aliphatic carbocycles. The fourth-order valence-corrected chi connectivity index (χ4v) is 2.70. The highest BCUT2D eigenvalue weighted by Gasteiger charge is 2.24. The first-order chi connectivity index (χ1) is 13.8. The number of nitro benzene ring substituents is 1. The number of halogens is 2. The van der Waals surface area contributed by atoms with E-state index in [1.165, 1.54) is 19.2 Å². The Morgan fingerprint density at radius 1 is 1.34 bits per heavy atom. The number of nitrogens with one attached hydrogen (secondary N) is 1. The molecule has 0 saturated heterocycles. The normalized spacial score (nSPS) is 11.9. The van der Waals surface area contributed by atoms with E-state index in [1.54, 1.807) is 31.3 Å². The van der Waals surface area contributed by atoms with Gasteiger partial charge < -0.3 is 15.0 Å². The second kappa shape index (κ2) is 10.4. The summed E-state index contributed by atoms with van der Waals surface area (Å²) in [5.41, 5.74) is 0.499. The van der Waals surface area contributed by atoms with Crippen molar-refractivity contribution in [3.05, 3.63) is 64.0 Å². The summed E-state index contributed by atoms with van der Waals surface area (Å²) >= 11 is 0. The molecular weight excluding hydrogens is 386 g/mol. The molecule has 0 aliphatic rings. The van der Waals surface area contributed by atoms with Crippen LogP contribution in [0.1, 0.15) is 29.0 Å². The third kappa shape index (κ3) is 6.18. The van der Waals surface area contributed by atoms with Gasteiger partial charge in [-0.3, -0.25) is 19.9 Å². The number of alkyl halides is 2. The van der Waals surface area contributed by atoms with Crippen LogP contribution in [0.2, 0.25) is 0 Å². The van der Waals surface area contributed by atoms with Crippen LogP contribution in [0.25, 0.3) is 0 Å². The number of hydrogen-bond donors (Lipinski definition) is 1. The van der Waals surface area contributed by atoms with Gasteiger partial charge in [-0.15, -0.1) is 0 Å². The number of benzene rings is 1. The molecule has 0 aliphatic heterocycles. The number of hydrogen-bond acceptors (Lipinski definition) is 6. The minimum absolute atomic E-state index is 0.0514. The maximum atomic E-state index is 12.8. The maximum absolute atomic E-state index is 12.8. The van der Waals surface area contributed by atoms with E-state index < -0.39 is 23.8 Å². The van der Waals surface area contributed by atoms with Crippen molar-refractivity contribution in [2.45, 2.75) is 19.4 Å². The highest BCUT2D eigenvalue weighted by molar-refractivity contribution is 5.95. The molecule has 0 saturated carbocycles. The SMILES string of the molecule is COCCN(CC(F)F)C(=O)c1ccc(NC(C)c2ccccn2)c([N+](=O)[O-])c1. The molecule has 0 fully saturated rings. The molecule has 29 heavy (non-hydrogen) atoms. The number of nitro groups is 1. The van der Waals surface area contributed by atoms with Crippen molar-refractivity contribution in [3.63, 3.8) is 0 Å². The van der Waals surface area contributed by atoms with Crippen molar-refractivity contribution in [1.82, 2.24) is 9.88 Å². The minimum Gasteiger partial charge on any atom is -0.383 e. The van der Waals surface area contributed by atoms with Gasteiger partial charge in [-0.05, 0) is 31.2 Å². The summed E-state index contributed by atoms with van der Waals surface area (Å²) < 4.78 is 30.5. The summed E-state index contributed by atoms with van der Waals surface area (Å²) in [6.07, 6.45) is -1.12. The summed E-state index contributed by atoms with van der Waals surface area (Å²) in [6.45, 7) is 1.03. The smallest absolute Gasteiger partial charge is 0.293 e. The van der Waals surface area contributed by atoms with E-state index >= 15 is 0 Å². The van der Waals surface area contributed by atoms with Crippen LogP contribution in [0.3, 0.4) is 0 Å². The molecule has 2 aromatic rings. The van der Waals surface area contributed by atoms with Crippen molar-refractivity contribution in [3.8, 4) is 0 Å². The van der Waals surface area contributed by atoms with Crippen LogP contribution < -0.4 is 5.32 Å². The Hall–Kier alpha value is -3.14. The Labute approximate surface area is 166 Å². The fourth-order valence-electron chi connectivity index (χ4n) is 2.70. The number of anilines is 1. The molecule has 1 unspecified atom stereocenters.